The fourth-order valence-electron chi connectivity index (χ4n) is 4.22. The Hall–Kier alpha value is -4.29. The van der Waals surface area contributed by atoms with Crippen LogP contribution in [0.3, 0.4) is 0 Å². The predicted octanol–water partition coefficient (Wildman–Crippen LogP) is 9.22. The van der Waals surface area contributed by atoms with Gasteiger partial charge in [-0.15, -0.1) is 0 Å². The zero-order chi connectivity index (χ0) is 31.4. The average Bonchev–Trinajstić information content (AvgIpc) is 2.94. The fourth-order valence-corrected chi connectivity index (χ4v) is 4.40. The van der Waals surface area contributed by atoms with E-state index >= 15 is 0 Å². The summed E-state index contributed by atoms with van der Waals surface area (Å²) in [6.45, 7) is 19.7. The van der Waals surface area contributed by atoms with Crippen LogP contribution in [0.1, 0.15) is 113 Å². The lowest BCUT2D eigenvalue weighted by Gasteiger charge is -2.18. The van der Waals surface area contributed by atoms with Crippen LogP contribution in [0.4, 0.5) is 0 Å². The molecular weight excluding hydrogens is 544 g/mol. The summed E-state index contributed by atoms with van der Waals surface area (Å²) in [5.41, 5.74) is 7.40. The van der Waals surface area contributed by atoms with E-state index in [9.17, 15) is 0 Å². The summed E-state index contributed by atoms with van der Waals surface area (Å²) >= 11 is 6.78. The number of aromatic nitrogens is 2. The molecule has 4 aromatic rings. The Bertz CT molecular complexity index is 1690. The maximum Gasteiger partial charge on any atom is 0.207 e. The molecule has 0 saturated heterocycles. The molecule has 3 heteroatoms. The first-order chi connectivity index (χ1) is 20.1. The van der Waals surface area contributed by atoms with Gasteiger partial charge in [-0.05, 0) is 87.1 Å². The Balaban J connectivity index is 1.73. The largest absolute Gasteiger partial charge is 0.210 e. The first-order valence-electron chi connectivity index (χ1n) is 14.5. The standard InChI is InChI=1S/C40H39ClN2/c1-38(2,3)31-19-10-28(11-20-31)16-25-34-37(41)35(26-17-29-12-21-32(22-13-29)39(4,5)6)43-36(42-34)27-18-30-14-23-33(24-15-30)40(7,8)9/h10-15,19-24H,1-9H3. The molecule has 1 aromatic heterocycles. The molecule has 0 saturated carbocycles. The van der Waals surface area contributed by atoms with Crippen molar-refractivity contribution in [3.05, 3.63) is 128 Å². The van der Waals surface area contributed by atoms with Gasteiger partial charge in [0.05, 0.1) is 0 Å². The highest BCUT2D eigenvalue weighted by Crippen LogP contribution is 2.24. The van der Waals surface area contributed by atoms with Crippen LogP contribution in [0.25, 0.3) is 0 Å². The molecule has 0 radical (unpaired) electrons. The van der Waals surface area contributed by atoms with Crippen LogP contribution in [0, 0.1) is 35.5 Å². The van der Waals surface area contributed by atoms with E-state index in [2.05, 4.69) is 144 Å². The lowest BCUT2D eigenvalue weighted by atomic mass is 9.87. The van der Waals surface area contributed by atoms with E-state index in [0.29, 0.717) is 22.2 Å². The predicted molar refractivity (Wildman–Crippen MR) is 180 cm³/mol. The number of benzene rings is 3. The van der Waals surface area contributed by atoms with Gasteiger partial charge in [0.15, 0.2) is 0 Å². The van der Waals surface area contributed by atoms with E-state index in [1.807, 2.05) is 36.4 Å². The molecule has 0 spiro atoms. The molecule has 2 nitrogen and oxygen atoms in total. The monoisotopic (exact) mass is 582 g/mol. The molecule has 0 unspecified atom stereocenters. The quantitative estimate of drug-likeness (QED) is 0.193. The van der Waals surface area contributed by atoms with Crippen LogP contribution in [-0.2, 0) is 16.2 Å². The van der Waals surface area contributed by atoms with Gasteiger partial charge in [-0.1, -0.05) is 128 Å². The third-order valence-corrected chi connectivity index (χ3v) is 7.43. The van der Waals surface area contributed by atoms with Crippen molar-refractivity contribution in [3.63, 3.8) is 0 Å². The molecule has 0 aliphatic carbocycles. The molecule has 3 aromatic carbocycles. The molecule has 0 amide bonds. The highest BCUT2D eigenvalue weighted by molar-refractivity contribution is 6.32. The van der Waals surface area contributed by atoms with Gasteiger partial charge < -0.3 is 0 Å². The topological polar surface area (TPSA) is 25.8 Å². The first-order valence-corrected chi connectivity index (χ1v) is 14.9. The van der Waals surface area contributed by atoms with Crippen LogP contribution < -0.4 is 0 Å². The zero-order valence-electron chi connectivity index (χ0n) is 26.7. The highest BCUT2D eigenvalue weighted by Gasteiger charge is 2.15. The van der Waals surface area contributed by atoms with Crippen LogP contribution in [0.5, 0.6) is 0 Å². The summed E-state index contributed by atoms with van der Waals surface area (Å²) in [4.78, 5) is 9.22. The molecular formula is C40H39ClN2. The maximum atomic E-state index is 6.78. The molecule has 216 valence electrons. The van der Waals surface area contributed by atoms with E-state index in [1.165, 1.54) is 16.7 Å². The van der Waals surface area contributed by atoms with E-state index < -0.39 is 0 Å². The second-order valence-corrected chi connectivity index (χ2v) is 14.2. The van der Waals surface area contributed by atoms with Crippen molar-refractivity contribution < 1.29 is 0 Å². The lowest BCUT2D eigenvalue weighted by molar-refractivity contribution is 0.590. The highest BCUT2D eigenvalue weighted by atomic mass is 35.5. The number of rotatable bonds is 0. The molecule has 4 rings (SSSR count). The Kier molecular flexibility index (Phi) is 9.21. The molecule has 0 aliphatic rings. The van der Waals surface area contributed by atoms with Crippen molar-refractivity contribution in [2.45, 2.75) is 78.6 Å². The second-order valence-electron chi connectivity index (χ2n) is 13.8. The molecule has 0 fully saturated rings. The summed E-state index contributed by atoms with van der Waals surface area (Å²) in [6.07, 6.45) is 0. The fraction of sp³-hybridized carbons (Fsp3) is 0.300. The van der Waals surface area contributed by atoms with E-state index in [1.54, 1.807) is 0 Å². The van der Waals surface area contributed by atoms with Gasteiger partial charge in [-0.2, -0.15) is 0 Å². The minimum Gasteiger partial charge on any atom is -0.210 e. The van der Waals surface area contributed by atoms with Gasteiger partial charge in [0.1, 0.15) is 16.4 Å². The zero-order valence-corrected chi connectivity index (χ0v) is 27.5. The number of hydrogen-bond donors (Lipinski definition) is 0. The van der Waals surface area contributed by atoms with Gasteiger partial charge in [0, 0.05) is 16.7 Å². The van der Waals surface area contributed by atoms with E-state index in [-0.39, 0.29) is 16.2 Å². The summed E-state index contributed by atoms with van der Waals surface area (Å²) in [5.74, 6) is 19.3. The number of nitrogens with zero attached hydrogens (tertiary/aromatic N) is 2. The average molecular weight is 583 g/mol. The minimum absolute atomic E-state index is 0.0726. The van der Waals surface area contributed by atoms with Gasteiger partial charge in [0.25, 0.3) is 0 Å². The van der Waals surface area contributed by atoms with Crippen molar-refractivity contribution in [2.24, 2.45) is 0 Å². The molecule has 0 atom stereocenters. The third kappa shape index (κ3) is 8.62. The molecule has 0 aliphatic heterocycles. The Morgan fingerprint density at radius 2 is 0.698 bits per heavy atom. The Labute approximate surface area is 263 Å². The van der Waals surface area contributed by atoms with Crippen LogP contribution in [-0.4, -0.2) is 9.97 Å². The minimum atomic E-state index is 0.0726. The van der Waals surface area contributed by atoms with Crippen molar-refractivity contribution in [3.8, 4) is 35.5 Å². The van der Waals surface area contributed by atoms with Gasteiger partial charge in [-0.25, -0.2) is 9.97 Å². The van der Waals surface area contributed by atoms with Gasteiger partial charge in [0.2, 0.25) is 5.82 Å². The van der Waals surface area contributed by atoms with Crippen molar-refractivity contribution in [1.29, 1.82) is 0 Å². The molecule has 0 N–H and O–H groups in total. The van der Waals surface area contributed by atoms with Crippen molar-refractivity contribution in [2.75, 3.05) is 0 Å². The van der Waals surface area contributed by atoms with E-state index in [4.69, 9.17) is 11.6 Å². The molecule has 43 heavy (non-hydrogen) atoms. The first kappa shape index (κ1) is 31.6. The molecule has 0 bridgehead atoms. The van der Waals surface area contributed by atoms with Crippen molar-refractivity contribution in [1.82, 2.24) is 9.97 Å². The summed E-state index contributed by atoms with van der Waals surface area (Å²) in [6, 6.07) is 24.8. The van der Waals surface area contributed by atoms with Crippen molar-refractivity contribution >= 4 is 11.6 Å². The van der Waals surface area contributed by atoms with E-state index in [0.717, 1.165) is 16.7 Å². The summed E-state index contributed by atoms with van der Waals surface area (Å²) in [5, 5.41) is 0.317. The van der Waals surface area contributed by atoms with Crippen LogP contribution >= 0.6 is 11.6 Å². The third-order valence-electron chi connectivity index (χ3n) is 7.07. The van der Waals surface area contributed by atoms with Crippen LogP contribution in [0.2, 0.25) is 5.02 Å². The lowest BCUT2D eigenvalue weighted by Crippen LogP contribution is -2.10. The number of halogens is 1. The SMILES string of the molecule is CC(C)(C)c1ccc(C#Cc2nc(C#Cc3ccc(C(C)(C)C)cc3)c(Cl)c(C#Cc3ccc(C(C)(C)C)cc3)n2)cc1. The van der Waals surface area contributed by atoms with Crippen LogP contribution in [0.15, 0.2) is 72.8 Å². The number of hydrogen-bond acceptors (Lipinski definition) is 2. The Morgan fingerprint density at radius 1 is 0.419 bits per heavy atom. The Morgan fingerprint density at radius 3 is 0.977 bits per heavy atom. The smallest absolute Gasteiger partial charge is 0.207 e. The second kappa shape index (κ2) is 12.5. The summed E-state index contributed by atoms with van der Waals surface area (Å²) in [7, 11) is 0. The van der Waals surface area contributed by atoms with Gasteiger partial charge in [-0.3, -0.25) is 0 Å². The summed E-state index contributed by atoms with van der Waals surface area (Å²) < 4.78 is 0. The molecule has 1 heterocycles. The van der Waals surface area contributed by atoms with Gasteiger partial charge >= 0.3 is 0 Å². The normalized spacial score (nSPS) is 11.4. The maximum absolute atomic E-state index is 6.78.